The van der Waals surface area contributed by atoms with Crippen LogP contribution in [0.1, 0.15) is 79.6 Å². The van der Waals surface area contributed by atoms with Gasteiger partial charge in [-0.3, -0.25) is 19.1 Å². The van der Waals surface area contributed by atoms with Crippen molar-refractivity contribution in [2.75, 3.05) is 13.7 Å². The summed E-state index contributed by atoms with van der Waals surface area (Å²) in [5, 5.41) is 5.14. The van der Waals surface area contributed by atoms with Crippen LogP contribution in [-0.4, -0.2) is 101 Å². The number of ether oxygens (including phenoxy) is 3. The maximum Gasteiger partial charge on any atom is 0.427 e. The van der Waals surface area contributed by atoms with Gasteiger partial charge in [-0.1, -0.05) is 26.0 Å². The number of carbonyl (C=O) groups is 4. The molecule has 6 rings (SSSR count). The van der Waals surface area contributed by atoms with Gasteiger partial charge in [0.2, 0.25) is 33.3 Å². The lowest BCUT2D eigenvalue weighted by molar-refractivity contribution is -0.244. The number of hydrogen-bond donors (Lipinski definition) is 3. The molecule has 57 heavy (non-hydrogen) atoms. The molecule has 2 aliphatic carbocycles. The molecule has 3 heterocycles. The SMILES string of the molecule is COc1ccc2ncc(O[C@@H]3C[C@H]4C(=O)N[C@]5(C(=O)NS(=O)(=O)C6(C)CC6)C[C@H]5/C=C\CC[C@@H](C)C[C@@H](C)[C@H](NC(=O)OC(C)(C)C(F)(F)F)C(=O)N4C3)nc2c1. The van der Waals surface area contributed by atoms with Crippen molar-refractivity contribution in [2.24, 2.45) is 17.8 Å². The van der Waals surface area contributed by atoms with Gasteiger partial charge in [-0.25, -0.2) is 23.2 Å². The summed E-state index contributed by atoms with van der Waals surface area (Å²) in [5.41, 5.74) is -3.55. The molecule has 4 amide bonds. The zero-order chi connectivity index (χ0) is 41.7. The Morgan fingerprint density at radius 3 is 2.47 bits per heavy atom. The first-order chi connectivity index (χ1) is 26.6. The Kier molecular flexibility index (Phi) is 11.2. The molecule has 2 saturated carbocycles. The monoisotopic (exact) mass is 822 g/mol. The lowest BCUT2D eigenvalue weighted by Gasteiger charge is -2.34. The highest BCUT2D eigenvalue weighted by Crippen LogP contribution is 2.47. The molecule has 312 valence electrons. The number of fused-ring (bicyclic) bond motifs is 3. The van der Waals surface area contributed by atoms with Gasteiger partial charge in [0.25, 0.3) is 5.91 Å². The molecule has 0 unspecified atom stereocenters. The third-order valence-electron chi connectivity index (χ3n) is 11.6. The second-order valence-electron chi connectivity index (χ2n) is 16.5. The molecular formula is C38H49F3N6O9S. The minimum atomic E-state index is -4.91. The molecule has 1 saturated heterocycles. The normalized spacial score (nSPS) is 29.7. The fraction of sp³-hybridized carbons (Fsp3) is 0.632. The van der Waals surface area contributed by atoms with E-state index in [1.165, 1.54) is 25.1 Å². The smallest absolute Gasteiger partial charge is 0.427 e. The Morgan fingerprint density at radius 1 is 1.09 bits per heavy atom. The number of benzene rings is 1. The van der Waals surface area contributed by atoms with Gasteiger partial charge >= 0.3 is 12.3 Å². The lowest BCUT2D eigenvalue weighted by Crippen LogP contribution is -2.59. The number of rotatable bonds is 8. The highest BCUT2D eigenvalue weighted by Gasteiger charge is 2.63. The van der Waals surface area contributed by atoms with E-state index in [4.69, 9.17) is 14.2 Å². The van der Waals surface area contributed by atoms with E-state index >= 15 is 0 Å². The molecular weight excluding hydrogens is 774 g/mol. The van der Waals surface area contributed by atoms with Gasteiger partial charge in [-0.2, -0.15) is 13.2 Å². The van der Waals surface area contributed by atoms with Crippen molar-refractivity contribution in [3.63, 3.8) is 0 Å². The summed E-state index contributed by atoms with van der Waals surface area (Å²) < 4.78 is 84.7. The Hall–Kier alpha value is -4.68. The van der Waals surface area contributed by atoms with Crippen molar-refractivity contribution in [2.45, 2.75) is 120 Å². The first-order valence-corrected chi connectivity index (χ1v) is 20.5. The quantitative estimate of drug-likeness (QED) is 0.321. The van der Waals surface area contributed by atoms with E-state index in [9.17, 15) is 40.8 Å². The fourth-order valence-corrected chi connectivity index (χ4v) is 8.68. The van der Waals surface area contributed by atoms with E-state index in [1.807, 2.05) is 13.0 Å². The average molecular weight is 823 g/mol. The molecule has 0 bridgehead atoms. The van der Waals surface area contributed by atoms with Crippen molar-refractivity contribution < 1.29 is 55.0 Å². The molecule has 3 fully saturated rings. The maximum atomic E-state index is 14.7. The number of nitrogens with one attached hydrogen (secondary N) is 3. The number of allylic oxidation sites excluding steroid dienone is 1. The second-order valence-corrected chi connectivity index (χ2v) is 18.7. The first kappa shape index (κ1) is 41.9. The van der Waals surface area contributed by atoms with E-state index < -0.39 is 85.9 Å². The number of hydrogen-bond acceptors (Lipinski definition) is 11. The van der Waals surface area contributed by atoms with Gasteiger partial charge in [0.05, 0.1) is 35.6 Å². The molecule has 4 aliphatic rings. The van der Waals surface area contributed by atoms with E-state index in [0.717, 1.165) is 0 Å². The Bertz CT molecular complexity index is 2060. The molecule has 3 N–H and O–H groups in total. The minimum absolute atomic E-state index is 0.0403. The van der Waals surface area contributed by atoms with Gasteiger partial charge in [0, 0.05) is 18.4 Å². The number of nitrogens with zero attached hydrogens (tertiary/aromatic N) is 3. The highest BCUT2D eigenvalue weighted by molar-refractivity contribution is 7.91. The van der Waals surface area contributed by atoms with Gasteiger partial charge < -0.3 is 29.7 Å². The number of amides is 4. The number of carbonyl (C=O) groups excluding carboxylic acids is 4. The number of halogens is 3. The third kappa shape index (κ3) is 8.77. The van der Waals surface area contributed by atoms with Crippen LogP contribution >= 0.6 is 0 Å². The molecule has 2 aromatic rings. The van der Waals surface area contributed by atoms with Crippen LogP contribution in [0.3, 0.4) is 0 Å². The summed E-state index contributed by atoms with van der Waals surface area (Å²) in [5.74, 6) is -3.13. The van der Waals surface area contributed by atoms with Crippen LogP contribution in [0.25, 0.3) is 11.0 Å². The summed E-state index contributed by atoms with van der Waals surface area (Å²) in [7, 11) is -2.58. The summed E-state index contributed by atoms with van der Waals surface area (Å²) in [6.07, 6.45) is -0.0421. The van der Waals surface area contributed by atoms with Gasteiger partial charge in [-0.05, 0) is 83.3 Å². The van der Waals surface area contributed by atoms with Crippen LogP contribution in [0.2, 0.25) is 0 Å². The van der Waals surface area contributed by atoms with E-state index in [2.05, 4.69) is 25.3 Å². The average Bonchev–Trinajstić information content (AvgIpc) is 4.01. The number of sulfonamides is 1. The van der Waals surface area contributed by atoms with Crippen molar-refractivity contribution in [3.8, 4) is 11.6 Å². The maximum absolute atomic E-state index is 14.7. The second kappa shape index (κ2) is 15.2. The van der Waals surface area contributed by atoms with E-state index in [-0.39, 0.29) is 31.2 Å². The Labute approximate surface area is 328 Å². The zero-order valence-electron chi connectivity index (χ0n) is 32.6. The molecule has 19 heteroatoms. The number of alkyl carbamates (subject to hydrolysis) is 1. The molecule has 2 aliphatic heterocycles. The Morgan fingerprint density at radius 2 is 1.81 bits per heavy atom. The fourth-order valence-electron chi connectivity index (χ4n) is 7.37. The van der Waals surface area contributed by atoms with Crippen molar-refractivity contribution >= 4 is 44.9 Å². The van der Waals surface area contributed by atoms with Crippen molar-refractivity contribution in [1.29, 1.82) is 0 Å². The molecule has 0 radical (unpaired) electrons. The van der Waals surface area contributed by atoms with Crippen LogP contribution in [-0.2, 0) is 29.1 Å². The summed E-state index contributed by atoms with van der Waals surface area (Å²) in [6, 6.07) is 2.30. The van der Waals surface area contributed by atoms with Crippen molar-refractivity contribution in [3.05, 3.63) is 36.5 Å². The summed E-state index contributed by atoms with van der Waals surface area (Å²) in [4.78, 5) is 66.1. The topological polar surface area (TPSA) is 195 Å². The summed E-state index contributed by atoms with van der Waals surface area (Å²) in [6.45, 7) is 6.28. The zero-order valence-corrected chi connectivity index (χ0v) is 33.5. The van der Waals surface area contributed by atoms with Crippen LogP contribution in [0.15, 0.2) is 36.5 Å². The molecule has 1 aromatic carbocycles. The number of methoxy groups -OCH3 is 1. The standard InChI is InChI=1S/C38H49F3N6O9S/c1-21-9-7-8-10-23-18-37(23,33(50)46-57(52,53)36(5)13-14-36)45-31(48)28-17-25(55-29-19-42-26-12-11-24(54-6)16-27(26)43-29)20-47(28)32(49)30(22(2)15-21)44-34(51)56-35(3,4)38(39,40)41/h8,10-12,16,19,21-23,25,28,30H,7,9,13-15,17-18,20H2,1-6H3,(H,44,51)(H,45,48)(H,46,50)/b10-8-/t21-,22-,23-,25-,28+,30+,37-/m1/s1. The van der Waals surface area contributed by atoms with E-state index in [0.29, 0.717) is 62.7 Å². The summed E-state index contributed by atoms with van der Waals surface area (Å²) >= 11 is 0. The van der Waals surface area contributed by atoms with Crippen molar-refractivity contribution in [1.82, 2.24) is 30.2 Å². The number of aromatic nitrogens is 2. The van der Waals surface area contributed by atoms with Gasteiger partial charge in [0.15, 0.2) is 0 Å². The van der Waals surface area contributed by atoms with Crippen LogP contribution in [0, 0.1) is 17.8 Å². The van der Waals surface area contributed by atoms with E-state index in [1.54, 1.807) is 31.2 Å². The largest absolute Gasteiger partial charge is 0.497 e. The minimum Gasteiger partial charge on any atom is -0.497 e. The van der Waals surface area contributed by atoms with Gasteiger partial charge in [-0.15, -0.1) is 0 Å². The number of alkyl halides is 3. The predicted octanol–water partition coefficient (Wildman–Crippen LogP) is 4.31. The third-order valence-corrected chi connectivity index (χ3v) is 13.7. The molecule has 15 nitrogen and oxygen atoms in total. The van der Waals surface area contributed by atoms with Crippen LogP contribution in [0.5, 0.6) is 11.6 Å². The molecule has 1 aromatic heterocycles. The van der Waals surface area contributed by atoms with Crippen LogP contribution in [0.4, 0.5) is 18.0 Å². The molecule has 7 atom stereocenters. The molecule has 0 spiro atoms. The predicted molar refractivity (Wildman–Crippen MR) is 199 cm³/mol. The Balaban J connectivity index is 1.34. The van der Waals surface area contributed by atoms with Gasteiger partial charge in [0.1, 0.15) is 29.5 Å². The highest BCUT2D eigenvalue weighted by atomic mass is 32.2. The van der Waals surface area contributed by atoms with Crippen LogP contribution < -0.4 is 24.8 Å². The lowest BCUT2D eigenvalue weighted by atomic mass is 9.88. The first-order valence-electron chi connectivity index (χ1n) is 19.0.